The van der Waals surface area contributed by atoms with Gasteiger partial charge in [-0.15, -0.1) is 0 Å². The van der Waals surface area contributed by atoms with E-state index in [1.807, 2.05) is 0 Å². The summed E-state index contributed by atoms with van der Waals surface area (Å²) in [6, 6.07) is 1.59. The Morgan fingerprint density at radius 1 is 1.56 bits per heavy atom. The lowest BCUT2D eigenvalue weighted by Gasteiger charge is -2.31. The van der Waals surface area contributed by atoms with Crippen molar-refractivity contribution in [1.29, 1.82) is 0 Å². The first-order valence-corrected chi connectivity index (χ1v) is 6.20. The molecule has 5 nitrogen and oxygen atoms in total. The second-order valence-corrected chi connectivity index (χ2v) is 4.78. The van der Waals surface area contributed by atoms with Gasteiger partial charge in [-0.3, -0.25) is 9.59 Å². The lowest BCUT2D eigenvalue weighted by Crippen LogP contribution is -2.42. The molecule has 1 fully saturated rings. The van der Waals surface area contributed by atoms with Crippen LogP contribution >= 0.6 is 11.6 Å². The van der Waals surface area contributed by atoms with Crippen LogP contribution in [0.3, 0.4) is 0 Å². The molecular weight excluding hydrogens is 256 g/mol. The summed E-state index contributed by atoms with van der Waals surface area (Å²) < 4.78 is 4.72. The van der Waals surface area contributed by atoms with Crippen molar-refractivity contribution in [2.75, 3.05) is 20.2 Å². The number of aromatic nitrogens is 1. The minimum Gasteiger partial charge on any atom is -0.469 e. The highest BCUT2D eigenvalue weighted by atomic mass is 35.5. The molecule has 1 aliphatic rings. The Morgan fingerprint density at radius 2 is 2.33 bits per heavy atom. The van der Waals surface area contributed by atoms with Crippen molar-refractivity contribution in [2.45, 2.75) is 12.8 Å². The van der Waals surface area contributed by atoms with E-state index in [4.69, 9.17) is 16.3 Å². The number of hydrogen-bond acceptors (Lipinski definition) is 3. The molecule has 1 aromatic heterocycles. The third-order valence-corrected chi connectivity index (χ3v) is 3.34. The third kappa shape index (κ3) is 2.67. The molecule has 98 valence electrons. The lowest BCUT2D eigenvalue weighted by atomic mass is 9.98. The van der Waals surface area contributed by atoms with Gasteiger partial charge in [0.05, 0.1) is 18.1 Å². The van der Waals surface area contributed by atoms with E-state index in [1.54, 1.807) is 17.2 Å². The van der Waals surface area contributed by atoms with Crippen LogP contribution in [0, 0.1) is 5.92 Å². The second-order valence-electron chi connectivity index (χ2n) is 4.35. The van der Waals surface area contributed by atoms with Crippen LogP contribution in [0.2, 0.25) is 5.02 Å². The van der Waals surface area contributed by atoms with E-state index >= 15 is 0 Å². The lowest BCUT2D eigenvalue weighted by molar-refractivity contribution is -0.146. The molecule has 0 saturated carbocycles. The fourth-order valence-corrected chi connectivity index (χ4v) is 2.35. The fraction of sp³-hybridized carbons (Fsp3) is 0.500. The molecule has 6 heteroatoms. The van der Waals surface area contributed by atoms with Crippen LogP contribution in [-0.2, 0) is 9.53 Å². The summed E-state index contributed by atoms with van der Waals surface area (Å²) in [4.78, 5) is 28.1. The van der Waals surface area contributed by atoms with Crippen molar-refractivity contribution in [3.8, 4) is 0 Å². The SMILES string of the molecule is COC(=O)C1CCCN(C(=O)c2cc(Cl)c[nH]2)C1. The minimum absolute atomic E-state index is 0.129. The molecular formula is C12H15ClN2O3. The molecule has 1 N–H and O–H groups in total. The molecule has 1 aliphatic heterocycles. The second kappa shape index (κ2) is 5.44. The summed E-state index contributed by atoms with van der Waals surface area (Å²) in [6.07, 6.45) is 3.14. The average molecular weight is 271 g/mol. The molecule has 1 unspecified atom stereocenters. The number of carbonyl (C=O) groups excluding carboxylic acids is 2. The van der Waals surface area contributed by atoms with E-state index in [0.717, 1.165) is 12.8 Å². The zero-order valence-corrected chi connectivity index (χ0v) is 10.9. The van der Waals surface area contributed by atoms with Crippen molar-refractivity contribution in [1.82, 2.24) is 9.88 Å². The predicted octanol–water partition coefficient (Wildman–Crippen LogP) is 1.69. The Bertz CT molecular complexity index is 458. The first-order chi connectivity index (χ1) is 8.61. The highest BCUT2D eigenvalue weighted by molar-refractivity contribution is 6.30. The first-order valence-electron chi connectivity index (χ1n) is 5.83. The largest absolute Gasteiger partial charge is 0.469 e. The highest BCUT2D eigenvalue weighted by Crippen LogP contribution is 2.20. The van der Waals surface area contributed by atoms with E-state index in [2.05, 4.69) is 4.98 Å². The maximum atomic E-state index is 12.2. The maximum Gasteiger partial charge on any atom is 0.310 e. The van der Waals surface area contributed by atoms with Gasteiger partial charge in [-0.2, -0.15) is 0 Å². The highest BCUT2D eigenvalue weighted by Gasteiger charge is 2.29. The van der Waals surface area contributed by atoms with Crippen molar-refractivity contribution < 1.29 is 14.3 Å². The smallest absolute Gasteiger partial charge is 0.310 e. The van der Waals surface area contributed by atoms with Gasteiger partial charge in [-0.1, -0.05) is 11.6 Å². The van der Waals surface area contributed by atoms with Crippen LogP contribution in [0.15, 0.2) is 12.3 Å². The van der Waals surface area contributed by atoms with Crippen LogP contribution < -0.4 is 0 Å². The molecule has 1 amide bonds. The van der Waals surface area contributed by atoms with Crippen LogP contribution in [0.25, 0.3) is 0 Å². The zero-order valence-electron chi connectivity index (χ0n) is 10.1. The maximum absolute atomic E-state index is 12.2. The Balaban J connectivity index is 2.05. The number of nitrogens with one attached hydrogen (secondary N) is 1. The quantitative estimate of drug-likeness (QED) is 0.832. The predicted molar refractivity (Wildman–Crippen MR) is 66.4 cm³/mol. The van der Waals surface area contributed by atoms with Gasteiger partial charge in [0.2, 0.25) is 0 Å². The number of H-pyrrole nitrogens is 1. The number of carbonyl (C=O) groups is 2. The number of likely N-dealkylation sites (tertiary alicyclic amines) is 1. The molecule has 1 atom stereocenters. The molecule has 2 rings (SSSR count). The topological polar surface area (TPSA) is 62.4 Å². The number of nitrogens with zero attached hydrogens (tertiary/aromatic N) is 1. The number of halogens is 1. The number of piperidine rings is 1. The van der Waals surface area contributed by atoms with Gasteiger partial charge in [0.1, 0.15) is 5.69 Å². The minimum atomic E-state index is -0.253. The monoisotopic (exact) mass is 270 g/mol. The van der Waals surface area contributed by atoms with E-state index in [9.17, 15) is 9.59 Å². The number of esters is 1. The molecule has 1 saturated heterocycles. The number of amides is 1. The number of hydrogen-bond donors (Lipinski definition) is 1. The van der Waals surface area contributed by atoms with E-state index in [1.165, 1.54) is 7.11 Å². The molecule has 0 radical (unpaired) electrons. The average Bonchev–Trinajstić information content (AvgIpc) is 2.83. The van der Waals surface area contributed by atoms with Crippen molar-refractivity contribution in [3.63, 3.8) is 0 Å². The molecule has 1 aromatic rings. The van der Waals surface area contributed by atoms with E-state index in [-0.39, 0.29) is 17.8 Å². The standard InChI is InChI=1S/C12H15ClN2O3/c1-18-12(17)8-3-2-4-15(7-8)11(16)10-5-9(13)6-14-10/h5-6,8,14H,2-4,7H2,1H3. The van der Waals surface area contributed by atoms with Crippen LogP contribution in [0.5, 0.6) is 0 Å². The summed E-state index contributed by atoms with van der Waals surface area (Å²) in [7, 11) is 1.37. The molecule has 0 aliphatic carbocycles. The Labute approximate surface area is 110 Å². The summed E-state index contributed by atoms with van der Waals surface area (Å²) in [5, 5.41) is 0.500. The molecule has 2 heterocycles. The Kier molecular flexibility index (Phi) is 3.91. The fourth-order valence-electron chi connectivity index (χ4n) is 2.18. The summed E-state index contributed by atoms with van der Waals surface area (Å²) in [5.41, 5.74) is 0.450. The molecule has 0 aromatic carbocycles. The van der Waals surface area contributed by atoms with Gasteiger partial charge >= 0.3 is 5.97 Å². The first kappa shape index (κ1) is 13.0. The van der Waals surface area contributed by atoms with Crippen LogP contribution in [0.1, 0.15) is 23.3 Å². The van der Waals surface area contributed by atoms with E-state index < -0.39 is 0 Å². The van der Waals surface area contributed by atoms with Gasteiger partial charge in [-0.05, 0) is 18.9 Å². The summed E-state index contributed by atoms with van der Waals surface area (Å²) in [6.45, 7) is 1.06. The molecule has 18 heavy (non-hydrogen) atoms. The normalized spacial score (nSPS) is 19.7. The number of methoxy groups -OCH3 is 1. The van der Waals surface area contributed by atoms with Gasteiger partial charge < -0.3 is 14.6 Å². The van der Waals surface area contributed by atoms with E-state index in [0.29, 0.717) is 23.8 Å². The number of aromatic amines is 1. The number of ether oxygens (including phenoxy) is 1. The van der Waals surface area contributed by atoms with Crippen molar-refractivity contribution >= 4 is 23.5 Å². The molecule has 0 spiro atoms. The zero-order chi connectivity index (χ0) is 13.1. The Morgan fingerprint density at radius 3 is 2.94 bits per heavy atom. The Hall–Kier alpha value is -1.49. The summed E-state index contributed by atoms with van der Waals surface area (Å²) in [5.74, 6) is -0.606. The number of rotatable bonds is 2. The molecule has 0 bridgehead atoms. The van der Waals surface area contributed by atoms with Crippen molar-refractivity contribution in [2.24, 2.45) is 5.92 Å². The van der Waals surface area contributed by atoms with Gasteiger partial charge in [0.25, 0.3) is 5.91 Å². The van der Waals surface area contributed by atoms with Crippen molar-refractivity contribution in [3.05, 3.63) is 23.0 Å². The summed E-state index contributed by atoms with van der Waals surface area (Å²) >= 11 is 5.77. The van der Waals surface area contributed by atoms with Gasteiger partial charge in [0.15, 0.2) is 0 Å². The van der Waals surface area contributed by atoms with Crippen LogP contribution in [0.4, 0.5) is 0 Å². The van der Waals surface area contributed by atoms with Gasteiger partial charge in [0, 0.05) is 19.3 Å². The van der Waals surface area contributed by atoms with Crippen LogP contribution in [-0.4, -0.2) is 42.0 Å². The van der Waals surface area contributed by atoms with Gasteiger partial charge in [-0.25, -0.2) is 0 Å². The third-order valence-electron chi connectivity index (χ3n) is 3.12.